The van der Waals surface area contributed by atoms with Gasteiger partial charge in [0.05, 0.1) is 5.69 Å². The molecule has 0 heterocycles. The third-order valence-corrected chi connectivity index (χ3v) is 2.03. The van der Waals surface area contributed by atoms with E-state index in [0.29, 0.717) is 12.2 Å². The summed E-state index contributed by atoms with van der Waals surface area (Å²) in [4.78, 5) is 13.0. The lowest BCUT2D eigenvalue weighted by Crippen LogP contribution is -2.29. The number of hydrogen-bond acceptors (Lipinski definition) is 1. The van der Waals surface area contributed by atoms with E-state index in [1.807, 2.05) is 6.92 Å². The Hall–Kier alpha value is -1.64. The van der Waals surface area contributed by atoms with Crippen molar-refractivity contribution in [3.63, 3.8) is 0 Å². The van der Waals surface area contributed by atoms with Crippen molar-refractivity contribution < 1.29 is 9.18 Å². The van der Waals surface area contributed by atoms with Gasteiger partial charge in [-0.25, -0.2) is 4.39 Å². The Morgan fingerprint density at radius 1 is 1.47 bits per heavy atom. The number of halogens is 1. The van der Waals surface area contributed by atoms with Crippen molar-refractivity contribution in [3.8, 4) is 0 Å². The second-order valence-corrected chi connectivity index (χ2v) is 3.03. The first-order chi connectivity index (χ1) is 7.20. The Morgan fingerprint density at radius 2 is 2.13 bits per heavy atom. The summed E-state index contributed by atoms with van der Waals surface area (Å²) in [5.74, 6) is -0.581. The van der Waals surface area contributed by atoms with Gasteiger partial charge in [0.1, 0.15) is 5.82 Å². The number of allylic oxidation sites excluding steroid dienone is 1. The Balaban J connectivity index is 3.02. The minimum absolute atomic E-state index is 0.204. The van der Waals surface area contributed by atoms with Crippen molar-refractivity contribution in [1.82, 2.24) is 0 Å². The van der Waals surface area contributed by atoms with Gasteiger partial charge in [0.15, 0.2) is 0 Å². The van der Waals surface area contributed by atoms with Gasteiger partial charge in [-0.1, -0.05) is 18.2 Å². The van der Waals surface area contributed by atoms with Gasteiger partial charge < -0.3 is 4.90 Å². The normalized spacial score (nSPS) is 10.6. The van der Waals surface area contributed by atoms with E-state index >= 15 is 0 Å². The summed E-state index contributed by atoms with van der Waals surface area (Å²) in [5, 5.41) is 0. The van der Waals surface area contributed by atoms with Crippen molar-refractivity contribution in [1.29, 1.82) is 0 Å². The van der Waals surface area contributed by atoms with Gasteiger partial charge in [-0.05, 0) is 32.1 Å². The summed E-state index contributed by atoms with van der Waals surface area (Å²) in [7, 11) is 0. The highest BCUT2D eigenvalue weighted by atomic mass is 19.1. The minimum Gasteiger partial charge on any atom is -0.306 e. The van der Waals surface area contributed by atoms with Crippen molar-refractivity contribution in [2.24, 2.45) is 0 Å². The molecule has 0 aliphatic carbocycles. The van der Waals surface area contributed by atoms with Crippen molar-refractivity contribution in [2.75, 3.05) is 11.4 Å². The lowest BCUT2D eigenvalue weighted by Gasteiger charge is -2.19. The average molecular weight is 207 g/mol. The predicted octanol–water partition coefficient (Wildman–Crippen LogP) is 2.75. The van der Waals surface area contributed by atoms with Crippen LogP contribution in [0.25, 0.3) is 0 Å². The zero-order valence-electron chi connectivity index (χ0n) is 8.90. The van der Waals surface area contributed by atoms with E-state index in [1.165, 1.54) is 17.0 Å². The van der Waals surface area contributed by atoms with Crippen LogP contribution in [0.3, 0.4) is 0 Å². The number of hydrogen-bond donors (Lipinski definition) is 0. The van der Waals surface area contributed by atoms with Gasteiger partial charge in [-0.2, -0.15) is 0 Å². The Kier molecular flexibility index (Phi) is 4.03. The van der Waals surface area contributed by atoms with Crippen molar-refractivity contribution >= 4 is 11.6 Å². The summed E-state index contributed by atoms with van der Waals surface area (Å²) in [6.45, 7) is 4.02. The highest BCUT2D eigenvalue weighted by molar-refractivity contribution is 6.01. The number of para-hydroxylation sites is 1. The molecule has 1 aromatic rings. The fourth-order valence-electron chi connectivity index (χ4n) is 1.35. The van der Waals surface area contributed by atoms with Crippen LogP contribution in [0.15, 0.2) is 36.4 Å². The molecule has 1 amide bonds. The summed E-state index contributed by atoms with van der Waals surface area (Å²) in [6.07, 6.45) is 3.07. The molecule has 0 atom stereocenters. The lowest BCUT2D eigenvalue weighted by atomic mass is 10.2. The Labute approximate surface area is 89.0 Å². The molecule has 2 nitrogen and oxygen atoms in total. The second-order valence-electron chi connectivity index (χ2n) is 3.03. The maximum atomic E-state index is 13.4. The molecule has 0 spiro atoms. The SMILES string of the molecule is C/C=C/C(=O)N(CC)c1ccccc1F. The van der Waals surface area contributed by atoms with Gasteiger partial charge in [-0.3, -0.25) is 4.79 Å². The predicted molar refractivity (Wildman–Crippen MR) is 59.2 cm³/mol. The smallest absolute Gasteiger partial charge is 0.250 e. The Bertz CT molecular complexity index is 374. The standard InChI is InChI=1S/C12H14FNO/c1-3-7-12(15)14(4-2)11-9-6-5-8-10(11)13/h3,5-9H,4H2,1-2H3/b7-3+. The molecule has 15 heavy (non-hydrogen) atoms. The molecule has 0 saturated heterocycles. The topological polar surface area (TPSA) is 20.3 Å². The maximum Gasteiger partial charge on any atom is 0.250 e. The van der Waals surface area contributed by atoms with Crippen LogP contribution in [-0.2, 0) is 4.79 Å². The summed E-state index contributed by atoms with van der Waals surface area (Å²) >= 11 is 0. The third-order valence-electron chi connectivity index (χ3n) is 2.03. The molecule has 80 valence electrons. The van der Waals surface area contributed by atoms with Gasteiger partial charge in [0.25, 0.3) is 5.91 Å². The first-order valence-corrected chi connectivity index (χ1v) is 4.89. The highest BCUT2D eigenvalue weighted by Gasteiger charge is 2.13. The quantitative estimate of drug-likeness (QED) is 0.698. The van der Waals surface area contributed by atoms with Gasteiger partial charge in [-0.15, -0.1) is 0 Å². The van der Waals surface area contributed by atoms with Crippen LogP contribution in [0.4, 0.5) is 10.1 Å². The summed E-state index contributed by atoms with van der Waals surface area (Å²) < 4.78 is 13.4. The van der Waals surface area contributed by atoms with E-state index in [9.17, 15) is 9.18 Å². The number of carbonyl (C=O) groups excluding carboxylic acids is 1. The number of rotatable bonds is 3. The van der Waals surface area contributed by atoms with E-state index in [-0.39, 0.29) is 11.7 Å². The molecule has 0 N–H and O–H groups in total. The second kappa shape index (κ2) is 5.29. The van der Waals surface area contributed by atoms with Crippen LogP contribution < -0.4 is 4.90 Å². The first kappa shape index (κ1) is 11.4. The molecule has 0 radical (unpaired) electrons. The molecule has 1 aromatic carbocycles. The van der Waals surface area contributed by atoms with E-state index in [0.717, 1.165) is 0 Å². The first-order valence-electron chi connectivity index (χ1n) is 4.89. The molecule has 0 fully saturated rings. The minimum atomic E-state index is -0.378. The molecule has 1 rings (SSSR count). The van der Waals surface area contributed by atoms with E-state index in [4.69, 9.17) is 0 Å². The van der Waals surface area contributed by atoms with Crippen LogP contribution in [-0.4, -0.2) is 12.5 Å². The molecule has 0 unspecified atom stereocenters. The molecule has 0 saturated carbocycles. The highest BCUT2D eigenvalue weighted by Crippen LogP contribution is 2.18. The third kappa shape index (κ3) is 2.65. The lowest BCUT2D eigenvalue weighted by molar-refractivity contribution is -0.114. The zero-order valence-corrected chi connectivity index (χ0v) is 8.90. The average Bonchev–Trinajstić information content (AvgIpc) is 2.22. The number of amides is 1. The zero-order chi connectivity index (χ0) is 11.3. The van der Waals surface area contributed by atoms with E-state index in [1.54, 1.807) is 31.2 Å². The molecular weight excluding hydrogens is 193 g/mol. The van der Waals surface area contributed by atoms with Gasteiger partial charge in [0.2, 0.25) is 0 Å². The van der Waals surface area contributed by atoms with Gasteiger partial charge in [0, 0.05) is 6.54 Å². The van der Waals surface area contributed by atoms with Crippen LogP contribution >= 0.6 is 0 Å². The number of nitrogens with zero attached hydrogens (tertiary/aromatic N) is 1. The fraction of sp³-hybridized carbons (Fsp3) is 0.250. The molecule has 3 heteroatoms. The monoisotopic (exact) mass is 207 g/mol. The number of benzene rings is 1. The molecule has 0 aromatic heterocycles. The van der Waals surface area contributed by atoms with Crippen LogP contribution in [0.2, 0.25) is 0 Å². The van der Waals surface area contributed by atoms with Crippen LogP contribution in [0.1, 0.15) is 13.8 Å². The van der Waals surface area contributed by atoms with Crippen molar-refractivity contribution in [2.45, 2.75) is 13.8 Å². The maximum absolute atomic E-state index is 13.4. The van der Waals surface area contributed by atoms with Crippen LogP contribution in [0.5, 0.6) is 0 Å². The van der Waals surface area contributed by atoms with Crippen LogP contribution in [0, 0.1) is 5.82 Å². The Morgan fingerprint density at radius 3 is 2.67 bits per heavy atom. The summed E-state index contributed by atoms with van der Waals surface area (Å²) in [5.41, 5.74) is 0.322. The number of likely N-dealkylation sites (N-methyl/N-ethyl adjacent to an activating group) is 1. The number of carbonyl (C=O) groups is 1. The van der Waals surface area contributed by atoms with Crippen molar-refractivity contribution in [3.05, 3.63) is 42.2 Å². The van der Waals surface area contributed by atoms with Gasteiger partial charge >= 0.3 is 0 Å². The molecule has 0 aliphatic rings. The molecular formula is C12H14FNO. The van der Waals surface area contributed by atoms with E-state index in [2.05, 4.69) is 0 Å². The summed E-state index contributed by atoms with van der Waals surface area (Å²) in [6, 6.07) is 6.26. The molecule has 0 aliphatic heterocycles. The van der Waals surface area contributed by atoms with E-state index < -0.39 is 0 Å². The molecule has 0 bridgehead atoms. The largest absolute Gasteiger partial charge is 0.306 e. The number of anilines is 1. The fourth-order valence-corrected chi connectivity index (χ4v) is 1.35.